The monoisotopic (exact) mass is 341 g/mol. The Labute approximate surface area is 144 Å². The standard InChI is InChI=1S/C17H27N3O2.ClH/c1-5-6-14(21)20-13-9-7-12(8-10-13)11-19-16(22)15(18)17(2,3)4;/h7-10,15H,5-6,11,18H2,1-4H3,(H,19,22)(H,20,21);1H/t15-;/m1./s1. The van der Waals surface area contributed by atoms with Crippen molar-refractivity contribution in [1.29, 1.82) is 0 Å². The third kappa shape index (κ3) is 7.48. The van der Waals surface area contributed by atoms with E-state index in [0.29, 0.717) is 13.0 Å². The number of nitrogens with two attached hydrogens (primary N) is 1. The molecule has 0 unspecified atom stereocenters. The lowest BCUT2D eigenvalue weighted by Crippen LogP contribution is -2.48. The van der Waals surface area contributed by atoms with Crippen molar-refractivity contribution in [3.05, 3.63) is 29.8 Å². The van der Waals surface area contributed by atoms with Crippen molar-refractivity contribution >= 4 is 29.9 Å². The Bertz CT molecular complexity index is 510. The van der Waals surface area contributed by atoms with E-state index in [1.54, 1.807) is 0 Å². The van der Waals surface area contributed by atoms with E-state index in [1.165, 1.54) is 0 Å². The summed E-state index contributed by atoms with van der Waals surface area (Å²) in [6, 6.07) is 6.88. The maximum absolute atomic E-state index is 12.0. The highest BCUT2D eigenvalue weighted by molar-refractivity contribution is 5.90. The van der Waals surface area contributed by atoms with Crippen molar-refractivity contribution in [3.63, 3.8) is 0 Å². The number of nitrogens with one attached hydrogen (secondary N) is 2. The zero-order valence-corrected chi connectivity index (χ0v) is 15.1. The van der Waals surface area contributed by atoms with Gasteiger partial charge in [-0.3, -0.25) is 9.59 Å². The molecule has 0 radical (unpaired) electrons. The van der Waals surface area contributed by atoms with Crippen molar-refractivity contribution in [1.82, 2.24) is 5.32 Å². The molecule has 5 nitrogen and oxygen atoms in total. The van der Waals surface area contributed by atoms with E-state index < -0.39 is 6.04 Å². The summed E-state index contributed by atoms with van der Waals surface area (Å²) in [7, 11) is 0. The minimum absolute atomic E-state index is 0. The molecule has 0 aliphatic heterocycles. The van der Waals surface area contributed by atoms with Crippen LogP contribution in [0.2, 0.25) is 0 Å². The molecule has 1 rings (SSSR count). The summed E-state index contributed by atoms with van der Waals surface area (Å²) in [5.41, 5.74) is 7.36. The highest BCUT2D eigenvalue weighted by Gasteiger charge is 2.26. The molecule has 0 heterocycles. The van der Waals surface area contributed by atoms with Gasteiger partial charge in [-0.15, -0.1) is 12.4 Å². The van der Waals surface area contributed by atoms with Crippen LogP contribution in [-0.4, -0.2) is 17.9 Å². The summed E-state index contributed by atoms with van der Waals surface area (Å²) in [6.45, 7) is 8.19. The summed E-state index contributed by atoms with van der Waals surface area (Å²) in [5.74, 6) is -0.146. The molecule has 4 N–H and O–H groups in total. The summed E-state index contributed by atoms with van der Waals surface area (Å²) in [4.78, 5) is 23.5. The quantitative estimate of drug-likeness (QED) is 0.743. The molecule has 0 spiro atoms. The molecular weight excluding hydrogens is 314 g/mol. The number of benzene rings is 1. The first kappa shape index (κ1) is 21.4. The first-order valence-electron chi connectivity index (χ1n) is 7.66. The summed E-state index contributed by atoms with van der Waals surface area (Å²) < 4.78 is 0. The number of hydrogen-bond acceptors (Lipinski definition) is 3. The van der Waals surface area contributed by atoms with Crippen LogP contribution in [-0.2, 0) is 16.1 Å². The predicted octanol–water partition coefficient (Wildman–Crippen LogP) is 2.84. The minimum Gasteiger partial charge on any atom is -0.351 e. The molecule has 2 amide bonds. The van der Waals surface area contributed by atoms with E-state index in [-0.39, 0.29) is 29.6 Å². The lowest BCUT2D eigenvalue weighted by molar-refractivity contribution is -0.124. The Kier molecular flexibility index (Phi) is 8.87. The Morgan fingerprint density at radius 2 is 1.74 bits per heavy atom. The van der Waals surface area contributed by atoms with Gasteiger partial charge in [0.25, 0.3) is 0 Å². The van der Waals surface area contributed by atoms with Crippen LogP contribution in [0.3, 0.4) is 0 Å². The molecule has 0 bridgehead atoms. The third-order valence-electron chi connectivity index (χ3n) is 3.40. The zero-order valence-electron chi connectivity index (χ0n) is 14.3. The summed E-state index contributed by atoms with van der Waals surface area (Å²) in [5, 5.41) is 5.66. The van der Waals surface area contributed by atoms with E-state index in [2.05, 4.69) is 10.6 Å². The van der Waals surface area contributed by atoms with Crippen molar-refractivity contribution in [3.8, 4) is 0 Å². The number of carbonyl (C=O) groups is 2. The van der Waals surface area contributed by atoms with Gasteiger partial charge in [0.05, 0.1) is 6.04 Å². The number of rotatable bonds is 6. The van der Waals surface area contributed by atoms with Gasteiger partial charge in [-0.25, -0.2) is 0 Å². The van der Waals surface area contributed by atoms with Crippen LogP contribution in [0.15, 0.2) is 24.3 Å². The zero-order chi connectivity index (χ0) is 16.8. The number of carbonyl (C=O) groups excluding carboxylic acids is 2. The van der Waals surface area contributed by atoms with Crippen LogP contribution in [0.4, 0.5) is 5.69 Å². The Balaban J connectivity index is 0.00000484. The van der Waals surface area contributed by atoms with E-state index in [0.717, 1.165) is 17.7 Å². The fraction of sp³-hybridized carbons (Fsp3) is 0.529. The van der Waals surface area contributed by atoms with Gasteiger partial charge in [-0.1, -0.05) is 39.8 Å². The van der Waals surface area contributed by atoms with Gasteiger partial charge in [-0.05, 0) is 29.5 Å². The molecule has 0 fully saturated rings. The van der Waals surface area contributed by atoms with Crippen molar-refractivity contribution < 1.29 is 9.59 Å². The normalized spacial score (nSPS) is 12.0. The van der Waals surface area contributed by atoms with E-state index >= 15 is 0 Å². The Hall–Kier alpha value is -1.59. The Morgan fingerprint density at radius 3 is 2.22 bits per heavy atom. The number of anilines is 1. The second-order valence-electron chi connectivity index (χ2n) is 6.56. The van der Waals surface area contributed by atoms with Crippen LogP contribution < -0.4 is 16.4 Å². The molecule has 0 aliphatic rings. The molecule has 0 aromatic heterocycles. The van der Waals surface area contributed by atoms with Gasteiger partial charge < -0.3 is 16.4 Å². The van der Waals surface area contributed by atoms with Gasteiger partial charge in [0.15, 0.2) is 0 Å². The fourth-order valence-corrected chi connectivity index (χ4v) is 1.85. The van der Waals surface area contributed by atoms with Gasteiger partial charge >= 0.3 is 0 Å². The second-order valence-corrected chi connectivity index (χ2v) is 6.56. The van der Waals surface area contributed by atoms with Crippen LogP contribution in [0.5, 0.6) is 0 Å². The number of hydrogen-bond donors (Lipinski definition) is 3. The maximum atomic E-state index is 12.0. The predicted molar refractivity (Wildman–Crippen MR) is 96.5 cm³/mol. The van der Waals surface area contributed by atoms with E-state index in [4.69, 9.17) is 5.73 Å². The fourth-order valence-electron chi connectivity index (χ4n) is 1.85. The van der Waals surface area contributed by atoms with Crippen LogP contribution >= 0.6 is 12.4 Å². The molecule has 1 atom stereocenters. The largest absolute Gasteiger partial charge is 0.351 e. The average molecular weight is 342 g/mol. The van der Waals surface area contributed by atoms with Gasteiger partial charge in [0, 0.05) is 18.7 Å². The molecule has 0 saturated heterocycles. The van der Waals surface area contributed by atoms with Crippen LogP contribution in [0.1, 0.15) is 46.1 Å². The number of halogens is 1. The summed E-state index contributed by atoms with van der Waals surface area (Å²) >= 11 is 0. The summed E-state index contributed by atoms with van der Waals surface area (Å²) in [6.07, 6.45) is 1.34. The van der Waals surface area contributed by atoms with E-state index in [1.807, 2.05) is 52.0 Å². The van der Waals surface area contributed by atoms with Crippen LogP contribution in [0.25, 0.3) is 0 Å². The SMILES string of the molecule is CCCC(=O)Nc1ccc(CNC(=O)[C@@H](N)C(C)(C)C)cc1.Cl. The lowest BCUT2D eigenvalue weighted by atomic mass is 9.87. The molecule has 0 saturated carbocycles. The lowest BCUT2D eigenvalue weighted by Gasteiger charge is -2.25. The first-order chi connectivity index (χ1) is 10.2. The molecule has 130 valence electrons. The van der Waals surface area contributed by atoms with Gasteiger partial charge in [-0.2, -0.15) is 0 Å². The highest BCUT2D eigenvalue weighted by Crippen LogP contribution is 2.17. The smallest absolute Gasteiger partial charge is 0.237 e. The average Bonchev–Trinajstić information content (AvgIpc) is 2.44. The first-order valence-corrected chi connectivity index (χ1v) is 7.66. The topological polar surface area (TPSA) is 84.2 Å². The Morgan fingerprint density at radius 1 is 1.17 bits per heavy atom. The van der Waals surface area contributed by atoms with E-state index in [9.17, 15) is 9.59 Å². The van der Waals surface area contributed by atoms with Crippen molar-refractivity contribution in [2.75, 3.05) is 5.32 Å². The van der Waals surface area contributed by atoms with Crippen molar-refractivity contribution in [2.24, 2.45) is 11.1 Å². The third-order valence-corrected chi connectivity index (χ3v) is 3.40. The molecular formula is C17H28ClN3O2. The molecule has 0 aliphatic carbocycles. The van der Waals surface area contributed by atoms with Gasteiger partial charge in [0.1, 0.15) is 0 Å². The molecule has 1 aromatic carbocycles. The molecule has 6 heteroatoms. The second kappa shape index (κ2) is 9.53. The minimum atomic E-state index is -0.542. The maximum Gasteiger partial charge on any atom is 0.237 e. The number of amides is 2. The van der Waals surface area contributed by atoms with Crippen molar-refractivity contribution in [2.45, 2.75) is 53.1 Å². The molecule has 23 heavy (non-hydrogen) atoms. The van der Waals surface area contributed by atoms with Crippen LogP contribution in [0, 0.1) is 5.41 Å². The molecule has 1 aromatic rings. The highest BCUT2D eigenvalue weighted by atomic mass is 35.5. The van der Waals surface area contributed by atoms with Gasteiger partial charge in [0.2, 0.25) is 11.8 Å².